The largest absolute Gasteiger partial charge is 0.356 e. The number of rotatable bonds is 3. The van der Waals surface area contributed by atoms with Crippen molar-refractivity contribution in [1.82, 2.24) is 19.8 Å². The molecule has 4 aliphatic rings. The second kappa shape index (κ2) is 7.97. The molecule has 1 amide bonds. The number of anilines is 1. The summed E-state index contributed by atoms with van der Waals surface area (Å²) in [6, 6.07) is 0.625. The van der Waals surface area contributed by atoms with Crippen LogP contribution in [0, 0.1) is 5.92 Å². The van der Waals surface area contributed by atoms with Gasteiger partial charge in [0.2, 0.25) is 5.91 Å². The molecule has 28 heavy (non-hydrogen) atoms. The molecule has 3 saturated heterocycles. The maximum atomic E-state index is 12.9. The van der Waals surface area contributed by atoms with E-state index in [1.165, 1.54) is 55.6 Å². The van der Waals surface area contributed by atoms with Gasteiger partial charge in [0.1, 0.15) is 12.1 Å². The molecule has 0 aromatic carbocycles. The van der Waals surface area contributed by atoms with Crippen molar-refractivity contribution in [3.05, 3.63) is 17.6 Å². The van der Waals surface area contributed by atoms with E-state index in [9.17, 15) is 4.79 Å². The van der Waals surface area contributed by atoms with Crippen LogP contribution in [0.25, 0.3) is 0 Å². The van der Waals surface area contributed by atoms with Crippen LogP contribution in [-0.4, -0.2) is 71.0 Å². The predicted molar refractivity (Wildman–Crippen MR) is 109 cm³/mol. The van der Waals surface area contributed by atoms with Crippen molar-refractivity contribution >= 4 is 11.7 Å². The lowest BCUT2D eigenvalue weighted by molar-refractivity contribution is -0.136. The Hall–Kier alpha value is -1.69. The molecule has 0 radical (unpaired) electrons. The van der Waals surface area contributed by atoms with Crippen molar-refractivity contribution in [1.29, 1.82) is 0 Å². The van der Waals surface area contributed by atoms with E-state index in [0.717, 1.165) is 58.5 Å². The second-order valence-corrected chi connectivity index (χ2v) is 9.06. The number of amides is 1. The van der Waals surface area contributed by atoms with Crippen LogP contribution in [0.4, 0.5) is 5.82 Å². The zero-order valence-electron chi connectivity index (χ0n) is 17.0. The second-order valence-electron chi connectivity index (χ2n) is 9.06. The van der Waals surface area contributed by atoms with Gasteiger partial charge in [-0.05, 0) is 64.3 Å². The van der Waals surface area contributed by atoms with E-state index in [2.05, 4.69) is 24.7 Å². The maximum absolute atomic E-state index is 12.9. The quantitative estimate of drug-likeness (QED) is 0.801. The standard InChI is InChI=1S/C22H33N5O/c28-22(26-10-1-2-11-26)17-5-4-12-27(15-17)18-8-13-25(14-9-18)21-19-6-3-7-20(19)23-16-24-21/h16-18H,1-15H2. The average molecular weight is 384 g/mol. The van der Waals surface area contributed by atoms with Crippen molar-refractivity contribution in [2.45, 2.75) is 63.8 Å². The highest BCUT2D eigenvalue weighted by molar-refractivity contribution is 5.79. The van der Waals surface area contributed by atoms with Gasteiger partial charge in [0, 0.05) is 50.0 Å². The zero-order chi connectivity index (χ0) is 18.9. The SMILES string of the molecule is O=C(C1CCCN(C2CCN(c3ncnc4c3CCC4)CC2)C1)N1CCCC1. The molecule has 1 aromatic rings. The molecule has 1 aromatic heterocycles. The smallest absolute Gasteiger partial charge is 0.226 e. The fraction of sp³-hybridized carbons (Fsp3) is 0.773. The van der Waals surface area contributed by atoms with E-state index >= 15 is 0 Å². The first-order valence-electron chi connectivity index (χ1n) is 11.4. The number of aryl methyl sites for hydroxylation is 1. The molecule has 3 aliphatic heterocycles. The van der Waals surface area contributed by atoms with E-state index < -0.39 is 0 Å². The Bertz CT molecular complexity index is 709. The van der Waals surface area contributed by atoms with Gasteiger partial charge < -0.3 is 9.80 Å². The third-order valence-corrected chi connectivity index (χ3v) is 7.35. The molecule has 6 heteroatoms. The fourth-order valence-electron chi connectivity index (χ4n) is 5.79. The highest BCUT2D eigenvalue weighted by Gasteiger charge is 2.34. The van der Waals surface area contributed by atoms with Crippen molar-refractivity contribution < 1.29 is 4.79 Å². The number of aromatic nitrogens is 2. The van der Waals surface area contributed by atoms with E-state index in [1.807, 2.05) is 0 Å². The first kappa shape index (κ1) is 18.3. The molecule has 0 saturated carbocycles. The van der Waals surface area contributed by atoms with Crippen molar-refractivity contribution in [3.63, 3.8) is 0 Å². The van der Waals surface area contributed by atoms with Crippen molar-refractivity contribution in [2.24, 2.45) is 5.92 Å². The molecule has 1 aliphatic carbocycles. The van der Waals surface area contributed by atoms with Crippen LogP contribution in [-0.2, 0) is 17.6 Å². The summed E-state index contributed by atoms with van der Waals surface area (Å²) in [4.78, 5) is 29.2. The average Bonchev–Trinajstić information content (AvgIpc) is 3.45. The number of likely N-dealkylation sites (tertiary alicyclic amines) is 2. The van der Waals surface area contributed by atoms with Gasteiger partial charge in [0.05, 0.1) is 5.92 Å². The van der Waals surface area contributed by atoms with Crippen LogP contribution in [0.5, 0.6) is 0 Å². The summed E-state index contributed by atoms with van der Waals surface area (Å²) in [5.41, 5.74) is 2.67. The Kier molecular flexibility index (Phi) is 5.22. The summed E-state index contributed by atoms with van der Waals surface area (Å²) >= 11 is 0. The summed E-state index contributed by atoms with van der Waals surface area (Å²) in [6.45, 7) is 6.26. The third-order valence-electron chi connectivity index (χ3n) is 7.35. The van der Waals surface area contributed by atoms with Crippen LogP contribution in [0.15, 0.2) is 6.33 Å². The predicted octanol–water partition coefficient (Wildman–Crippen LogP) is 2.27. The van der Waals surface area contributed by atoms with Crippen LogP contribution < -0.4 is 4.90 Å². The summed E-state index contributed by atoms with van der Waals surface area (Å²) in [5.74, 6) is 1.85. The topological polar surface area (TPSA) is 52.6 Å². The number of hydrogen-bond donors (Lipinski definition) is 0. The Morgan fingerprint density at radius 1 is 0.893 bits per heavy atom. The number of hydrogen-bond acceptors (Lipinski definition) is 5. The van der Waals surface area contributed by atoms with E-state index in [0.29, 0.717) is 11.9 Å². The van der Waals surface area contributed by atoms with Crippen LogP contribution in [0.2, 0.25) is 0 Å². The van der Waals surface area contributed by atoms with Crippen LogP contribution in [0.3, 0.4) is 0 Å². The summed E-state index contributed by atoms with van der Waals surface area (Å²) in [7, 11) is 0. The van der Waals surface area contributed by atoms with Gasteiger partial charge in [0.15, 0.2) is 0 Å². The van der Waals surface area contributed by atoms with Crippen molar-refractivity contribution in [2.75, 3.05) is 44.2 Å². The Morgan fingerprint density at radius 3 is 2.54 bits per heavy atom. The molecule has 0 bridgehead atoms. The van der Waals surface area contributed by atoms with Crippen molar-refractivity contribution in [3.8, 4) is 0 Å². The Labute approximate surface area is 168 Å². The molecule has 0 spiro atoms. The minimum absolute atomic E-state index is 0.231. The summed E-state index contributed by atoms with van der Waals surface area (Å²) < 4.78 is 0. The molecule has 6 nitrogen and oxygen atoms in total. The fourth-order valence-corrected chi connectivity index (χ4v) is 5.79. The van der Waals surface area contributed by atoms with Gasteiger partial charge in [-0.25, -0.2) is 9.97 Å². The first-order chi connectivity index (χ1) is 13.8. The van der Waals surface area contributed by atoms with E-state index in [4.69, 9.17) is 0 Å². The van der Waals surface area contributed by atoms with Gasteiger partial charge in [-0.3, -0.25) is 9.69 Å². The van der Waals surface area contributed by atoms with Gasteiger partial charge in [-0.2, -0.15) is 0 Å². The molecular weight excluding hydrogens is 350 g/mol. The maximum Gasteiger partial charge on any atom is 0.226 e. The monoisotopic (exact) mass is 383 g/mol. The molecular formula is C22H33N5O. The normalized spacial score (nSPS) is 26.6. The minimum Gasteiger partial charge on any atom is -0.356 e. The number of carbonyl (C=O) groups is 1. The number of nitrogens with zero attached hydrogens (tertiary/aromatic N) is 5. The lowest BCUT2D eigenvalue weighted by atomic mass is 9.93. The molecule has 4 heterocycles. The first-order valence-corrected chi connectivity index (χ1v) is 11.4. The molecule has 0 N–H and O–H groups in total. The van der Waals surface area contributed by atoms with E-state index in [-0.39, 0.29) is 5.92 Å². The molecule has 1 unspecified atom stereocenters. The Balaban J connectivity index is 1.19. The number of fused-ring (bicyclic) bond motifs is 1. The van der Waals surface area contributed by atoms with Crippen LogP contribution in [0.1, 0.15) is 56.2 Å². The van der Waals surface area contributed by atoms with Gasteiger partial charge in [0.25, 0.3) is 0 Å². The van der Waals surface area contributed by atoms with Gasteiger partial charge in [-0.15, -0.1) is 0 Å². The molecule has 3 fully saturated rings. The lowest BCUT2D eigenvalue weighted by Crippen LogP contribution is -2.51. The van der Waals surface area contributed by atoms with Gasteiger partial charge >= 0.3 is 0 Å². The molecule has 1 atom stereocenters. The van der Waals surface area contributed by atoms with E-state index in [1.54, 1.807) is 6.33 Å². The Morgan fingerprint density at radius 2 is 1.71 bits per heavy atom. The molecule has 5 rings (SSSR count). The number of carbonyl (C=O) groups excluding carboxylic acids is 1. The zero-order valence-corrected chi connectivity index (χ0v) is 17.0. The third kappa shape index (κ3) is 3.51. The summed E-state index contributed by atoms with van der Waals surface area (Å²) in [6.07, 6.45) is 12.2. The minimum atomic E-state index is 0.231. The van der Waals surface area contributed by atoms with Crippen LogP contribution >= 0.6 is 0 Å². The summed E-state index contributed by atoms with van der Waals surface area (Å²) in [5, 5.41) is 0. The lowest BCUT2D eigenvalue weighted by Gasteiger charge is -2.43. The highest BCUT2D eigenvalue weighted by Crippen LogP contribution is 2.31. The number of piperidine rings is 2. The highest BCUT2D eigenvalue weighted by atomic mass is 16.2. The van der Waals surface area contributed by atoms with Gasteiger partial charge in [-0.1, -0.05) is 0 Å². The molecule has 152 valence electrons.